The molecule has 0 radical (unpaired) electrons. The summed E-state index contributed by atoms with van der Waals surface area (Å²) in [6.07, 6.45) is 0.128. The van der Waals surface area contributed by atoms with Crippen molar-refractivity contribution in [2.24, 2.45) is 0 Å². The highest BCUT2D eigenvalue weighted by atomic mass is 16.2. The van der Waals surface area contributed by atoms with Gasteiger partial charge in [-0.25, -0.2) is 4.79 Å². The third kappa shape index (κ3) is 2.07. The standard InChI is InChI=1S/C9H12N4O2/c1-2-12-7(11)6-8(14)13(9(12)15)5-3-4-10/h6H,2-3,5,11H2,1H3. The van der Waals surface area contributed by atoms with Gasteiger partial charge in [0.15, 0.2) is 0 Å². The van der Waals surface area contributed by atoms with Crippen LogP contribution in [0.5, 0.6) is 0 Å². The molecule has 0 fully saturated rings. The molecule has 6 heteroatoms. The van der Waals surface area contributed by atoms with E-state index >= 15 is 0 Å². The van der Waals surface area contributed by atoms with E-state index in [1.165, 1.54) is 10.6 Å². The van der Waals surface area contributed by atoms with Crippen LogP contribution in [0.3, 0.4) is 0 Å². The average Bonchev–Trinajstić information content (AvgIpc) is 2.17. The molecule has 0 aliphatic rings. The number of hydrogen-bond donors (Lipinski definition) is 1. The maximum Gasteiger partial charge on any atom is 0.332 e. The van der Waals surface area contributed by atoms with Crippen LogP contribution in [0.2, 0.25) is 0 Å². The van der Waals surface area contributed by atoms with Crippen molar-refractivity contribution in [2.75, 3.05) is 5.73 Å². The lowest BCUT2D eigenvalue weighted by atomic mass is 10.4. The summed E-state index contributed by atoms with van der Waals surface area (Å²) >= 11 is 0. The minimum atomic E-state index is -0.461. The predicted molar refractivity (Wildman–Crippen MR) is 55.3 cm³/mol. The molecule has 80 valence electrons. The average molecular weight is 208 g/mol. The molecule has 2 N–H and O–H groups in total. The Kier molecular flexibility index (Phi) is 3.29. The normalized spacial score (nSPS) is 9.87. The van der Waals surface area contributed by atoms with Gasteiger partial charge in [0.05, 0.1) is 12.5 Å². The lowest BCUT2D eigenvalue weighted by Gasteiger charge is -2.09. The Balaban J connectivity index is 3.34. The first kappa shape index (κ1) is 11.0. The zero-order valence-electron chi connectivity index (χ0n) is 8.43. The van der Waals surface area contributed by atoms with E-state index in [-0.39, 0.29) is 18.8 Å². The predicted octanol–water partition coefficient (Wildman–Crippen LogP) is -0.474. The summed E-state index contributed by atoms with van der Waals surface area (Å²) in [7, 11) is 0. The van der Waals surface area contributed by atoms with E-state index in [4.69, 9.17) is 11.0 Å². The zero-order chi connectivity index (χ0) is 11.4. The van der Waals surface area contributed by atoms with Crippen molar-refractivity contribution in [1.82, 2.24) is 9.13 Å². The highest BCUT2D eigenvalue weighted by Gasteiger charge is 2.07. The molecule has 0 aliphatic heterocycles. The Morgan fingerprint density at radius 1 is 1.47 bits per heavy atom. The van der Waals surface area contributed by atoms with Crippen LogP contribution >= 0.6 is 0 Å². The molecular formula is C9H12N4O2. The quantitative estimate of drug-likeness (QED) is 0.726. The van der Waals surface area contributed by atoms with Gasteiger partial charge in [-0.15, -0.1) is 0 Å². The van der Waals surface area contributed by atoms with Crippen LogP contribution in [0.25, 0.3) is 0 Å². The number of hydrogen-bond acceptors (Lipinski definition) is 4. The van der Waals surface area contributed by atoms with Crippen LogP contribution in [0.15, 0.2) is 15.7 Å². The van der Waals surface area contributed by atoms with Crippen LogP contribution in [-0.2, 0) is 13.1 Å². The van der Waals surface area contributed by atoms with Crippen LogP contribution in [0.4, 0.5) is 5.82 Å². The molecule has 0 atom stereocenters. The first-order valence-electron chi connectivity index (χ1n) is 4.59. The van der Waals surface area contributed by atoms with Crippen LogP contribution < -0.4 is 17.0 Å². The summed E-state index contributed by atoms with van der Waals surface area (Å²) in [5.74, 6) is 0.153. The molecule has 1 heterocycles. The molecule has 6 nitrogen and oxygen atoms in total. The van der Waals surface area contributed by atoms with Gasteiger partial charge in [0.2, 0.25) is 0 Å². The molecule has 15 heavy (non-hydrogen) atoms. The summed E-state index contributed by atoms with van der Waals surface area (Å²) in [6.45, 7) is 2.27. The first-order valence-corrected chi connectivity index (χ1v) is 4.59. The second-order valence-electron chi connectivity index (χ2n) is 2.99. The fourth-order valence-corrected chi connectivity index (χ4v) is 1.32. The van der Waals surface area contributed by atoms with E-state index < -0.39 is 11.2 Å². The lowest BCUT2D eigenvalue weighted by Crippen LogP contribution is -2.40. The second kappa shape index (κ2) is 4.46. The maximum absolute atomic E-state index is 11.7. The van der Waals surface area contributed by atoms with Gasteiger partial charge < -0.3 is 5.73 Å². The molecule has 0 aromatic carbocycles. The van der Waals surface area contributed by atoms with Gasteiger partial charge in [-0.1, -0.05) is 0 Å². The van der Waals surface area contributed by atoms with Gasteiger partial charge in [-0.05, 0) is 6.92 Å². The number of aromatic nitrogens is 2. The van der Waals surface area contributed by atoms with Crippen molar-refractivity contribution >= 4 is 5.82 Å². The highest BCUT2D eigenvalue weighted by molar-refractivity contribution is 5.26. The van der Waals surface area contributed by atoms with E-state index in [0.717, 1.165) is 4.57 Å². The number of nitrogens with two attached hydrogens (primary N) is 1. The van der Waals surface area contributed by atoms with Crippen LogP contribution in [-0.4, -0.2) is 9.13 Å². The highest BCUT2D eigenvalue weighted by Crippen LogP contribution is 1.93. The molecule has 0 saturated heterocycles. The summed E-state index contributed by atoms with van der Waals surface area (Å²) in [5, 5.41) is 8.39. The van der Waals surface area contributed by atoms with Gasteiger partial charge in [-0.2, -0.15) is 5.26 Å². The van der Waals surface area contributed by atoms with E-state index in [1.54, 1.807) is 6.92 Å². The van der Waals surface area contributed by atoms with Crippen molar-refractivity contribution in [1.29, 1.82) is 5.26 Å². The molecular weight excluding hydrogens is 196 g/mol. The Labute approximate surface area is 86.2 Å². The van der Waals surface area contributed by atoms with Gasteiger partial charge in [0.1, 0.15) is 5.82 Å². The van der Waals surface area contributed by atoms with Crippen molar-refractivity contribution in [2.45, 2.75) is 26.4 Å². The second-order valence-corrected chi connectivity index (χ2v) is 2.99. The fourth-order valence-electron chi connectivity index (χ4n) is 1.32. The van der Waals surface area contributed by atoms with Crippen molar-refractivity contribution in [3.05, 3.63) is 26.9 Å². The number of rotatable bonds is 3. The van der Waals surface area contributed by atoms with Gasteiger partial charge in [0, 0.05) is 19.2 Å². The minimum Gasteiger partial charge on any atom is -0.385 e. The molecule has 1 aromatic heterocycles. The molecule has 0 amide bonds. The Morgan fingerprint density at radius 2 is 2.13 bits per heavy atom. The minimum absolute atomic E-state index is 0.106. The summed E-state index contributed by atoms with van der Waals surface area (Å²) in [5.41, 5.74) is 4.59. The third-order valence-corrected chi connectivity index (χ3v) is 2.07. The first-order chi connectivity index (χ1) is 7.11. The lowest BCUT2D eigenvalue weighted by molar-refractivity contribution is 0.578. The number of anilines is 1. The van der Waals surface area contributed by atoms with Crippen LogP contribution in [0, 0.1) is 11.3 Å². The van der Waals surface area contributed by atoms with E-state index in [2.05, 4.69) is 0 Å². The molecule has 1 rings (SSSR count). The van der Waals surface area contributed by atoms with E-state index in [1.807, 2.05) is 6.07 Å². The molecule has 0 spiro atoms. The van der Waals surface area contributed by atoms with Crippen molar-refractivity contribution in [3.8, 4) is 6.07 Å². The number of nitrogen functional groups attached to an aromatic ring is 1. The Morgan fingerprint density at radius 3 is 2.67 bits per heavy atom. The largest absolute Gasteiger partial charge is 0.385 e. The SMILES string of the molecule is CCn1c(N)cc(=O)n(CCC#N)c1=O. The van der Waals surface area contributed by atoms with Crippen LogP contribution in [0.1, 0.15) is 13.3 Å². The molecule has 0 unspecified atom stereocenters. The zero-order valence-corrected chi connectivity index (χ0v) is 8.43. The van der Waals surface area contributed by atoms with E-state index in [9.17, 15) is 9.59 Å². The summed E-state index contributed by atoms with van der Waals surface area (Å²) in [6, 6.07) is 3.08. The Hall–Kier alpha value is -2.03. The topological polar surface area (TPSA) is 93.8 Å². The van der Waals surface area contributed by atoms with E-state index in [0.29, 0.717) is 6.54 Å². The molecule has 1 aromatic rings. The van der Waals surface area contributed by atoms with Crippen molar-refractivity contribution in [3.63, 3.8) is 0 Å². The smallest absolute Gasteiger partial charge is 0.332 e. The monoisotopic (exact) mass is 208 g/mol. The number of nitrogens with zero attached hydrogens (tertiary/aromatic N) is 3. The third-order valence-electron chi connectivity index (χ3n) is 2.07. The van der Waals surface area contributed by atoms with Gasteiger partial charge >= 0.3 is 5.69 Å². The Bertz CT molecular complexity index is 506. The number of nitriles is 1. The van der Waals surface area contributed by atoms with Crippen molar-refractivity contribution < 1.29 is 0 Å². The summed E-state index contributed by atoms with van der Waals surface area (Å²) in [4.78, 5) is 23.1. The van der Waals surface area contributed by atoms with Gasteiger partial charge in [-0.3, -0.25) is 13.9 Å². The fraction of sp³-hybridized carbons (Fsp3) is 0.444. The maximum atomic E-state index is 11.7. The van der Waals surface area contributed by atoms with Gasteiger partial charge in [0.25, 0.3) is 5.56 Å². The molecule has 0 bridgehead atoms. The summed E-state index contributed by atoms with van der Waals surface area (Å²) < 4.78 is 2.31. The molecule has 0 saturated carbocycles. The molecule has 0 aliphatic carbocycles.